The van der Waals surface area contributed by atoms with Crippen LogP contribution in [0.4, 0.5) is 5.82 Å². The monoisotopic (exact) mass is 347 g/mol. The molecule has 0 saturated heterocycles. The lowest BCUT2D eigenvalue weighted by atomic mass is 9.87. The maximum atomic E-state index is 12.2. The van der Waals surface area contributed by atoms with Gasteiger partial charge in [0.2, 0.25) is 5.91 Å². The van der Waals surface area contributed by atoms with Gasteiger partial charge in [0.25, 0.3) is 0 Å². The predicted octanol–water partition coefficient (Wildman–Crippen LogP) is 3.52. The third kappa shape index (κ3) is 3.20. The third-order valence-corrected chi connectivity index (χ3v) is 4.78. The van der Waals surface area contributed by atoms with E-state index in [1.165, 1.54) is 5.56 Å². The molecular formula is C21H21N3O2. The number of nitrogens with one attached hydrogen (secondary N) is 1. The van der Waals surface area contributed by atoms with Crippen molar-refractivity contribution in [2.45, 2.75) is 18.8 Å². The van der Waals surface area contributed by atoms with E-state index in [2.05, 4.69) is 22.5 Å². The predicted molar refractivity (Wildman–Crippen MR) is 100 cm³/mol. The van der Waals surface area contributed by atoms with E-state index >= 15 is 0 Å². The van der Waals surface area contributed by atoms with Crippen molar-refractivity contribution < 1.29 is 9.53 Å². The summed E-state index contributed by atoms with van der Waals surface area (Å²) in [6.45, 7) is 0.597. The zero-order valence-corrected chi connectivity index (χ0v) is 14.7. The van der Waals surface area contributed by atoms with Gasteiger partial charge >= 0.3 is 0 Å². The molecule has 0 saturated carbocycles. The van der Waals surface area contributed by atoms with Gasteiger partial charge in [-0.3, -0.25) is 9.48 Å². The van der Waals surface area contributed by atoms with Gasteiger partial charge in [0.15, 0.2) is 0 Å². The van der Waals surface area contributed by atoms with Crippen molar-refractivity contribution in [2.24, 2.45) is 7.05 Å². The fourth-order valence-electron chi connectivity index (χ4n) is 3.44. The van der Waals surface area contributed by atoms with Gasteiger partial charge in [0.05, 0.1) is 12.8 Å². The van der Waals surface area contributed by atoms with Gasteiger partial charge in [0.1, 0.15) is 11.6 Å². The van der Waals surface area contributed by atoms with E-state index in [-0.39, 0.29) is 11.8 Å². The lowest BCUT2D eigenvalue weighted by Gasteiger charge is -2.25. The summed E-state index contributed by atoms with van der Waals surface area (Å²) < 4.78 is 7.80. The number of para-hydroxylation sites is 1. The lowest BCUT2D eigenvalue weighted by Crippen LogP contribution is -2.24. The van der Waals surface area contributed by atoms with Gasteiger partial charge in [-0.05, 0) is 11.6 Å². The minimum absolute atomic E-state index is 0.00480. The van der Waals surface area contributed by atoms with Crippen LogP contribution in [0.2, 0.25) is 0 Å². The number of fused-ring (bicyclic) bond motifs is 1. The van der Waals surface area contributed by atoms with E-state index in [0.29, 0.717) is 13.0 Å². The van der Waals surface area contributed by atoms with Crippen LogP contribution in [0.25, 0.3) is 0 Å². The number of anilines is 1. The SMILES string of the molecule is Cn1ncc2c1NC(=O)CC2c1ccccc1OCCc1ccccc1. The number of benzene rings is 2. The maximum Gasteiger partial charge on any atom is 0.226 e. The fraction of sp³-hybridized carbons (Fsp3) is 0.238. The van der Waals surface area contributed by atoms with Gasteiger partial charge in [-0.15, -0.1) is 0 Å². The Hall–Kier alpha value is -3.08. The summed E-state index contributed by atoms with van der Waals surface area (Å²) in [6, 6.07) is 18.3. The van der Waals surface area contributed by atoms with Crippen LogP contribution in [0, 0.1) is 0 Å². The average Bonchev–Trinajstić information content (AvgIpc) is 3.03. The van der Waals surface area contributed by atoms with Crippen LogP contribution in [0.3, 0.4) is 0 Å². The van der Waals surface area contributed by atoms with Crippen LogP contribution >= 0.6 is 0 Å². The number of carbonyl (C=O) groups excluding carboxylic acids is 1. The molecule has 2 heterocycles. The van der Waals surface area contributed by atoms with E-state index in [4.69, 9.17) is 4.74 Å². The highest BCUT2D eigenvalue weighted by atomic mass is 16.5. The Morgan fingerprint density at radius 3 is 2.73 bits per heavy atom. The number of ether oxygens (including phenoxy) is 1. The molecule has 0 bridgehead atoms. The highest BCUT2D eigenvalue weighted by molar-refractivity contribution is 5.94. The van der Waals surface area contributed by atoms with Gasteiger partial charge in [-0.25, -0.2) is 0 Å². The summed E-state index contributed by atoms with van der Waals surface area (Å²) in [5, 5.41) is 7.21. The van der Waals surface area contributed by atoms with Crippen molar-refractivity contribution in [1.29, 1.82) is 0 Å². The molecule has 1 unspecified atom stereocenters. The molecule has 1 atom stereocenters. The van der Waals surface area contributed by atoms with E-state index in [1.54, 1.807) is 4.68 Å². The van der Waals surface area contributed by atoms with E-state index in [1.807, 2.05) is 55.7 Å². The normalized spacial score (nSPS) is 16.0. The van der Waals surface area contributed by atoms with E-state index < -0.39 is 0 Å². The molecule has 5 nitrogen and oxygen atoms in total. The first-order valence-corrected chi connectivity index (χ1v) is 8.80. The Morgan fingerprint density at radius 1 is 1.12 bits per heavy atom. The second kappa shape index (κ2) is 7.04. The van der Waals surface area contributed by atoms with Crippen LogP contribution in [-0.4, -0.2) is 22.3 Å². The number of hydrogen-bond acceptors (Lipinski definition) is 3. The minimum atomic E-state index is -0.0413. The molecule has 2 aromatic carbocycles. The fourth-order valence-corrected chi connectivity index (χ4v) is 3.44. The van der Waals surface area contributed by atoms with E-state index in [9.17, 15) is 4.79 Å². The first-order chi connectivity index (χ1) is 12.7. The second-order valence-electron chi connectivity index (χ2n) is 6.50. The maximum absolute atomic E-state index is 12.2. The molecule has 5 heteroatoms. The largest absolute Gasteiger partial charge is 0.493 e. The van der Waals surface area contributed by atoms with Crippen molar-refractivity contribution in [1.82, 2.24) is 9.78 Å². The molecule has 1 aliphatic heterocycles. The topological polar surface area (TPSA) is 56.2 Å². The van der Waals surface area contributed by atoms with Crippen LogP contribution in [-0.2, 0) is 18.3 Å². The number of nitrogens with zero attached hydrogens (tertiary/aromatic N) is 2. The van der Waals surface area contributed by atoms with E-state index in [0.717, 1.165) is 29.1 Å². The Labute approximate surface area is 152 Å². The molecule has 26 heavy (non-hydrogen) atoms. The third-order valence-electron chi connectivity index (χ3n) is 4.78. The summed E-state index contributed by atoms with van der Waals surface area (Å²) in [4.78, 5) is 12.2. The van der Waals surface area contributed by atoms with Crippen molar-refractivity contribution >= 4 is 11.7 Å². The average molecular weight is 347 g/mol. The van der Waals surface area contributed by atoms with Crippen molar-refractivity contribution in [3.8, 4) is 5.75 Å². The van der Waals surface area contributed by atoms with Gasteiger partial charge < -0.3 is 10.1 Å². The number of amides is 1. The van der Waals surface area contributed by atoms with Crippen molar-refractivity contribution in [3.63, 3.8) is 0 Å². The Morgan fingerprint density at radius 2 is 1.88 bits per heavy atom. The summed E-state index contributed by atoms with van der Waals surface area (Å²) in [5.41, 5.74) is 3.31. The van der Waals surface area contributed by atoms with Crippen LogP contribution in [0.15, 0.2) is 60.8 Å². The van der Waals surface area contributed by atoms with Gasteiger partial charge in [-0.2, -0.15) is 5.10 Å². The van der Waals surface area contributed by atoms with Gasteiger partial charge in [0, 0.05) is 36.9 Å². The molecule has 0 fully saturated rings. The molecule has 0 aliphatic carbocycles. The zero-order valence-electron chi connectivity index (χ0n) is 14.7. The number of carbonyl (C=O) groups is 1. The molecule has 1 amide bonds. The zero-order chi connectivity index (χ0) is 17.9. The van der Waals surface area contributed by atoms with Gasteiger partial charge in [-0.1, -0.05) is 48.5 Å². The summed E-state index contributed by atoms with van der Waals surface area (Å²) in [5.74, 6) is 1.56. The standard InChI is InChI=1S/C21H21N3O2/c1-24-21-18(14-22-24)17(13-20(25)23-21)16-9-5-6-10-19(16)26-12-11-15-7-3-2-4-8-15/h2-10,14,17H,11-13H2,1H3,(H,23,25). The summed E-state index contributed by atoms with van der Waals surface area (Å²) >= 11 is 0. The molecule has 4 rings (SSSR count). The minimum Gasteiger partial charge on any atom is -0.493 e. The molecule has 0 radical (unpaired) electrons. The molecule has 1 N–H and O–H groups in total. The Balaban J connectivity index is 1.57. The quantitative estimate of drug-likeness (QED) is 0.768. The smallest absolute Gasteiger partial charge is 0.226 e. The number of hydrogen-bond donors (Lipinski definition) is 1. The molecular weight excluding hydrogens is 326 g/mol. The molecule has 3 aromatic rings. The Kier molecular flexibility index (Phi) is 4.44. The molecule has 132 valence electrons. The second-order valence-corrected chi connectivity index (χ2v) is 6.50. The Bertz CT molecular complexity index is 918. The van der Waals surface area contributed by atoms with Crippen molar-refractivity contribution in [2.75, 3.05) is 11.9 Å². The number of aromatic nitrogens is 2. The molecule has 1 aliphatic rings. The van der Waals surface area contributed by atoms with Crippen LogP contribution < -0.4 is 10.1 Å². The first-order valence-electron chi connectivity index (χ1n) is 8.80. The first kappa shape index (κ1) is 16.4. The number of aryl methyl sites for hydroxylation is 1. The highest BCUT2D eigenvalue weighted by Crippen LogP contribution is 2.40. The lowest BCUT2D eigenvalue weighted by molar-refractivity contribution is -0.116. The summed E-state index contributed by atoms with van der Waals surface area (Å²) in [7, 11) is 1.84. The number of rotatable bonds is 5. The van der Waals surface area contributed by atoms with Crippen LogP contribution in [0.5, 0.6) is 5.75 Å². The van der Waals surface area contributed by atoms with Crippen LogP contribution in [0.1, 0.15) is 29.0 Å². The van der Waals surface area contributed by atoms with Crippen molar-refractivity contribution in [3.05, 3.63) is 77.5 Å². The highest BCUT2D eigenvalue weighted by Gasteiger charge is 2.31. The summed E-state index contributed by atoms with van der Waals surface area (Å²) in [6.07, 6.45) is 3.08. The molecule has 1 aromatic heterocycles. The molecule has 0 spiro atoms.